The summed E-state index contributed by atoms with van der Waals surface area (Å²) in [5.74, 6) is 0.140. The molecule has 0 fully saturated rings. The fourth-order valence-corrected chi connectivity index (χ4v) is 2.52. The first-order valence-electron chi connectivity index (χ1n) is 6.50. The van der Waals surface area contributed by atoms with Gasteiger partial charge >= 0.3 is 0 Å². The Bertz CT molecular complexity index is 401. The third kappa shape index (κ3) is 6.50. The van der Waals surface area contributed by atoms with Gasteiger partial charge in [-0.1, -0.05) is 13.0 Å². The molecule has 0 aliphatic heterocycles. The molecule has 1 heterocycles. The van der Waals surface area contributed by atoms with Gasteiger partial charge in [-0.15, -0.1) is 11.3 Å². The minimum absolute atomic E-state index is 0.0159. The molecular weight excluding hydrogens is 262 g/mol. The second-order valence-corrected chi connectivity index (χ2v) is 5.84. The number of aliphatic hydroxyl groups excluding tert-OH is 1. The van der Waals surface area contributed by atoms with Gasteiger partial charge in [0, 0.05) is 19.4 Å². The van der Waals surface area contributed by atoms with Crippen molar-refractivity contribution in [2.75, 3.05) is 6.54 Å². The molecule has 0 aromatic carbocycles. The third-order valence-corrected chi connectivity index (χ3v) is 3.68. The molecule has 4 nitrogen and oxygen atoms in total. The van der Waals surface area contributed by atoms with E-state index >= 15 is 0 Å². The summed E-state index contributed by atoms with van der Waals surface area (Å²) in [7, 11) is 0. The van der Waals surface area contributed by atoms with Gasteiger partial charge in [-0.2, -0.15) is 0 Å². The minimum atomic E-state index is -0.354. The quantitative estimate of drug-likeness (QED) is 0.719. The highest BCUT2D eigenvalue weighted by Gasteiger charge is 2.11. The number of amides is 1. The van der Waals surface area contributed by atoms with E-state index in [2.05, 4.69) is 5.32 Å². The third-order valence-electron chi connectivity index (χ3n) is 2.77. The Hall–Kier alpha value is -1.20. The molecule has 1 aromatic heterocycles. The fraction of sp³-hybridized carbons (Fsp3) is 0.571. The largest absolute Gasteiger partial charge is 0.393 e. The normalized spacial score (nSPS) is 13.8. The maximum absolute atomic E-state index is 11.7. The number of hydrogen-bond acceptors (Lipinski definition) is 4. The number of aliphatic hydroxyl groups is 1. The summed E-state index contributed by atoms with van der Waals surface area (Å²) in [6.45, 7) is 4.25. The van der Waals surface area contributed by atoms with Crippen LogP contribution < -0.4 is 5.32 Å². The molecule has 2 atom stereocenters. The van der Waals surface area contributed by atoms with E-state index in [0.29, 0.717) is 17.8 Å². The van der Waals surface area contributed by atoms with Crippen LogP contribution >= 0.6 is 11.3 Å². The predicted molar refractivity (Wildman–Crippen MR) is 76.4 cm³/mol. The zero-order valence-corrected chi connectivity index (χ0v) is 12.2. The summed E-state index contributed by atoms with van der Waals surface area (Å²) >= 11 is 1.40. The topological polar surface area (TPSA) is 66.4 Å². The number of ketones is 1. The van der Waals surface area contributed by atoms with Gasteiger partial charge in [0.25, 0.3) is 0 Å². The highest BCUT2D eigenvalue weighted by molar-refractivity contribution is 7.12. The lowest BCUT2D eigenvalue weighted by Gasteiger charge is -2.13. The van der Waals surface area contributed by atoms with E-state index in [1.165, 1.54) is 11.3 Å². The van der Waals surface area contributed by atoms with Crippen LogP contribution in [-0.4, -0.2) is 29.4 Å². The lowest BCUT2D eigenvalue weighted by Crippen LogP contribution is -2.29. The second-order valence-electron chi connectivity index (χ2n) is 4.89. The van der Waals surface area contributed by atoms with Crippen LogP contribution in [0.4, 0.5) is 0 Å². The van der Waals surface area contributed by atoms with Gasteiger partial charge in [0.1, 0.15) is 0 Å². The molecule has 1 aromatic rings. The number of nitrogens with one attached hydrogen (secondary N) is 1. The van der Waals surface area contributed by atoms with Crippen LogP contribution in [0.15, 0.2) is 17.5 Å². The summed E-state index contributed by atoms with van der Waals surface area (Å²) < 4.78 is 0. The van der Waals surface area contributed by atoms with E-state index in [1.807, 2.05) is 18.4 Å². The second kappa shape index (κ2) is 8.07. The zero-order chi connectivity index (χ0) is 14.3. The standard InChI is InChI=1S/C14H21NO3S/c1-10(8-11(2)16)9-15-14(18)6-5-12(17)13-4-3-7-19-13/h3-4,7,10-11,16H,5-6,8-9H2,1-2H3,(H,15,18). The first-order chi connectivity index (χ1) is 8.99. The molecule has 19 heavy (non-hydrogen) atoms. The maximum atomic E-state index is 11.7. The molecule has 0 bridgehead atoms. The Balaban J connectivity index is 2.19. The first-order valence-corrected chi connectivity index (χ1v) is 7.38. The van der Waals surface area contributed by atoms with Crippen LogP contribution in [0, 0.1) is 5.92 Å². The highest BCUT2D eigenvalue weighted by Crippen LogP contribution is 2.12. The van der Waals surface area contributed by atoms with Gasteiger partial charge < -0.3 is 10.4 Å². The van der Waals surface area contributed by atoms with Crippen LogP contribution in [-0.2, 0) is 4.79 Å². The summed E-state index contributed by atoms with van der Waals surface area (Å²) in [5.41, 5.74) is 0. The monoisotopic (exact) mass is 283 g/mol. The molecule has 0 saturated carbocycles. The van der Waals surface area contributed by atoms with E-state index in [4.69, 9.17) is 0 Å². The number of hydrogen-bond donors (Lipinski definition) is 2. The summed E-state index contributed by atoms with van der Waals surface area (Å²) in [6.07, 6.45) is 0.774. The Kier molecular flexibility index (Phi) is 6.73. The molecule has 1 amide bonds. The Morgan fingerprint density at radius 1 is 1.37 bits per heavy atom. The van der Waals surface area contributed by atoms with E-state index in [-0.39, 0.29) is 36.6 Å². The molecule has 0 aliphatic carbocycles. The van der Waals surface area contributed by atoms with Crippen molar-refractivity contribution in [2.45, 2.75) is 39.2 Å². The van der Waals surface area contributed by atoms with Crippen molar-refractivity contribution in [2.24, 2.45) is 5.92 Å². The van der Waals surface area contributed by atoms with Crippen LogP contribution in [0.2, 0.25) is 0 Å². The predicted octanol–water partition coefficient (Wildman–Crippen LogP) is 2.23. The van der Waals surface area contributed by atoms with E-state index < -0.39 is 0 Å². The molecular formula is C14H21NO3S. The summed E-state index contributed by atoms with van der Waals surface area (Å²) in [6, 6.07) is 3.60. The Labute approximate surface area is 117 Å². The van der Waals surface area contributed by atoms with Gasteiger partial charge in [-0.05, 0) is 30.7 Å². The van der Waals surface area contributed by atoms with Crippen molar-refractivity contribution in [3.05, 3.63) is 22.4 Å². The SMILES string of the molecule is CC(O)CC(C)CNC(=O)CCC(=O)c1cccs1. The van der Waals surface area contributed by atoms with Gasteiger partial charge in [0.2, 0.25) is 5.91 Å². The lowest BCUT2D eigenvalue weighted by molar-refractivity contribution is -0.121. The van der Waals surface area contributed by atoms with E-state index in [0.717, 1.165) is 0 Å². The number of rotatable bonds is 8. The van der Waals surface area contributed by atoms with E-state index in [9.17, 15) is 14.7 Å². The van der Waals surface area contributed by atoms with Gasteiger partial charge in [-0.3, -0.25) is 9.59 Å². The smallest absolute Gasteiger partial charge is 0.220 e. The average Bonchev–Trinajstić information content (AvgIpc) is 2.86. The molecule has 2 N–H and O–H groups in total. The lowest BCUT2D eigenvalue weighted by atomic mass is 10.0. The van der Waals surface area contributed by atoms with Crippen LogP contribution in [0.5, 0.6) is 0 Å². The van der Waals surface area contributed by atoms with Crippen LogP contribution in [0.3, 0.4) is 0 Å². The molecule has 5 heteroatoms. The first kappa shape index (κ1) is 15.9. The highest BCUT2D eigenvalue weighted by atomic mass is 32.1. The molecule has 2 unspecified atom stereocenters. The maximum Gasteiger partial charge on any atom is 0.220 e. The van der Waals surface area contributed by atoms with Crippen LogP contribution in [0.25, 0.3) is 0 Å². The Morgan fingerprint density at radius 3 is 2.68 bits per heavy atom. The van der Waals surface area contributed by atoms with Crippen LogP contribution in [0.1, 0.15) is 42.8 Å². The number of Topliss-reactive ketones (excluding diaryl/α,β-unsaturated/α-hetero) is 1. The fourth-order valence-electron chi connectivity index (χ4n) is 1.83. The van der Waals surface area contributed by atoms with Gasteiger partial charge in [0.05, 0.1) is 11.0 Å². The van der Waals surface area contributed by atoms with E-state index in [1.54, 1.807) is 13.0 Å². The molecule has 106 valence electrons. The summed E-state index contributed by atoms with van der Waals surface area (Å²) in [5, 5.41) is 13.9. The average molecular weight is 283 g/mol. The van der Waals surface area contributed by atoms with Gasteiger partial charge in [0.15, 0.2) is 5.78 Å². The number of thiophene rings is 1. The molecule has 0 saturated heterocycles. The van der Waals surface area contributed by atoms with Crippen molar-refractivity contribution in [1.82, 2.24) is 5.32 Å². The van der Waals surface area contributed by atoms with Crippen molar-refractivity contribution >= 4 is 23.0 Å². The molecule has 1 rings (SSSR count). The number of carbonyl (C=O) groups excluding carboxylic acids is 2. The Morgan fingerprint density at radius 2 is 2.11 bits per heavy atom. The number of carbonyl (C=O) groups is 2. The zero-order valence-electron chi connectivity index (χ0n) is 11.4. The molecule has 0 radical (unpaired) electrons. The van der Waals surface area contributed by atoms with Gasteiger partial charge in [-0.25, -0.2) is 0 Å². The van der Waals surface area contributed by atoms with Crippen molar-refractivity contribution in [1.29, 1.82) is 0 Å². The van der Waals surface area contributed by atoms with Crippen molar-refractivity contribution in [3.63, 3.8) is 0 Å². The summed E-state index contributed by atoms with van der Waals surface area (Å²) in [4.78, 5) is 24.0. The molecule has 0 spiro atoms. The van der Waals surface area contributed by atoms with Crippen molar-refractivity contribution in [3.8, 4) is 0 Å². The minimum Gasteiger partial charge on any atom is -0.393 e. The molecule has 0 aliphatic rings. The van der Waals surface area contributed by atoms with Crippen molar-refractivity contribution < 1.29 is 14.7 Å².